The third-order valence-corrected chi connectivity index (χ3v) is 5.19. The molecule has 1 saturated heterocycles. The molecule has 2 heterocycles. The van der Waals surface area contributed by atoms with Gasteiger partial charge >= 0.3 is 6.18 Å². The van der Waals surface area contributed by atoms with Crippen LogP contribution < -0.4 is 15.6 Å². The van der Waals surface area contributed by atoms with Crippen LogP contribution in [0, 0.1) is 13.8 Å². The van der Waals surface area contributed by atoms with E-state index in [0.717, 1.165) is 29.1 Å². The molecule has 0 unspecified atom stereocenters. The lowest BCUT2D eigenvalue weighted by Crippen LogP contribution is -2.37. The van der Waals surface area contributed by atoms with Crippen molar-refractivity contribution in [2.75, 3.05) is 41.9 Å². The van der Waals surface area contributed by atoms with Crippen LogP contribution >= 0.6 is 0 Å². The predicted molar refractivity (Wildman–Crippen MR) is 125 cm³/mol. The summed E-state index contributed by atoms with van der Waals surface area (Å²) in [5, 5.41) is 7.16. The fraction of sp³-hybridized carbons (Fsp3) is 0.304. The Morgan fingerprint density at radius 2 is 1.74 bits per heavy atom. The van der Waals surface area contributed by atoms with Crippen molar-refractivity contribution in [3.05, 3.63) is 64.7 Å². The highest BCUT2D eigenvalue weighted by Crippen LogP contribution is 2.31. The quantitative estimate of drug-likeness (QED) is 0.403. The lowest BCUT2D eigenvalue weighted by molar-refractivity contribution is -0.137. The van der Waals surface area contributed by atoms with Gasteiger partial charge in [-0.3, -0.25) is 0 Å². The second kappa shape index (κ2) is 10.0. The molecule has 8 nitrogen and oxygen atoms in total. The SMILES string of the molecule is Cc1ccc(C)c(Nc2nc(NN=Cc3ccccc3C(F)(F)F)nc(N3CCOCC3)n2)c1. The van der Waals surface area contributed by atoms with Crippen LogP contribution in [0.4, 0.5) is 36.7 Å². The molecule has 4 rings (SSSR count). The van der Waals surface area contributed by atoms with Crippen LogP contribution in [0.25, 0.3) is 0 Å². The lowest BCUT2D eigenvalue weighted by atomic mass is 10.1. The molecule has 3 aromatic rings. The number of aromatic nitrogens is 3. The molecule has 0 bridgehead atoms. The van der Waals surface area contributed by atoms with Crippen molar-refractivity contribution >= 4 is 29.7 Å². The van der Waals surface area contributed by atoms with Gasteiger partial charge in [0.2, 0.25) is 17.8 Å². The Hall–Kier alpha value is -3.73. The lowest BCUT2D eigenvalue weighted by Gasteiger charge is -2.27. The number of morpholine rings is 1. The number of rotatable bonds is 6. The van der Waals surface area contributed by atoms with E-state index in [1.54, 1.807) is 0 Å². The van der Waals surface area contributed by atoms with Gasteiger partial charge in [0.1, 0.15) is 0 Å². The van der Waals surface area contributed by atoms with E-state index in [4.69, 9.17) is 4.74 Å². The minimum atomic E-state index is -4.48. The molecule has 0 radical (unpaired) electrons. The van der Waals surface area contributed by atoms with Crippen LogP contribution in [0.1, 0.15) is 22.3 Å². The van der Waals surface area contributed by atoms with Crippen molar-refractivity contribution in [3.63, 3.8) is 0 Å². The number of hydrogen-bond acceptors (Lipinski definition) is 8. The average Bonchev–Trinajstić information content (AvgIpc) is 2.82. The fourth-order valence-corrected chi connectivity index (χ4v) is 3.39. The monoisotopic (exact) mass is 471 g/mol. The Balaban J connectivity index is 1.62. The van der Waals surface area contributed by atoms with Crippen molar-refractivity contribution in [3.8, 4) is 0 Å². The predicted octanol–water partition coefficient (Wildman–Crippen LogP) is 4.53. The first-order chi connectivity index (χ1) is 16.3. The maximum Gasteiger partial charge on any atom is 0.417 e. The van der Waals surface area contributed by atoms with Crippen LogP contribution in [-0.4, -0.2) is 47.5 Å². The van der Waals surface area contributed by atoms with Crippen molar-refractivity contribution in [1.82, 2.24) is 15.0 Å². The van der Waals surface area contributed by atoms with E-state index in [9.17, 15) is 13.2 Å². The van der Waals surface area contributed by atoms with E-state index in [2.05, 4.69) is 30.8 Å². The molecule has 2 aromatic carbocycles. The van der Waals surface area contributed by atoms with Crippen molar-refractivity contribution in [2.24, 2.45) is 5.10 Å². The smallest absolute Gasteiger partial charge is 0.378 e. The second-order valence-electron chi connectivity index (χ2n) is 7.78. The van der Waals surface area contributed by atoms with Crippen LogP contribution in [0.3, 0.4) is 0 Å². The summed E-state index contributed by atoms with van der Waals surface area (Å²) in [6, 6.07) is 11.2. The van der Waals surface area contributed by atoms with E-state index < -0.39 is 11.7 Å². The molecule has 0 aliphatic carbocycles. The Labute approximate surface area is 194 Å². The highest BCUT2D eigenvalue weighted by molar-refractivity contribution is 5.82. The Bertz CT molecular complexity index is 1180. The number of alkyl halides is 3. The molecule has 1 aromatic heterocycles. The number of halogens is 3. The summed E-state index contributed by atoms with van der Waals surface area (Å²) in [5.74, 6) is 0.808. The van der Waals surface area contributed by atoms with Gasteiger partial charge < -0.3 is 15.0 Å². The van der Waals surface area contributed by atoms with Gasteiger partial charge in [0, 0.05) is 24.3 Å². The number of hydrazone groups is 1. The molecular formula is C23H24F3N7O. The minimum Gasteiger partial charge on any atom is -0.378 e. The molecule has 1 aliphatic heterocycles. The molecule has 1 aliphatic rings. The van der Waals surface area contributed by atoms with Gasteiger partial charge in [-0.2, -0.15) is 33.2 Å². The number of nitrogens with zero attached hydrogens (tertiary/aromatic N) is 5. The molecule has 0 saturated carbocycles. The molecule has 178 valence electrons. The number of ether oxygens (including phenoxy) is 1. The van der Waals surface area contributed by atoms with Crippen LogP contribution in [0.5, 0.6) is 0 Å². The molecule has 0 atom stereocenters. The van der Waals surface area contributed by atoms with Crippen LogP contribution in [0.2, 0.25) is 0 Å². The molecule has 1 fully saturated rings. The number of hydrogen-bond donors (Lipinski definition) is 2. The summed E-state index contributed by atoms with van der Waals surface area (Å²) in [6.45, 7) is 6.25. The minimum absolute atomic E-state index is 0.0707. The maximum atomic E-state index is 13.2. The first kappa shape index (κ1) is 23.4. The van der Waals surface area contributed by atoms with Crippen molar-refractivity contribution < 1.29 is 17.9 Å². The van der Waals surface area contributed by atoms with E-state index in [-0.39, 0.29) is 11.5 Å². The van der Waals surface area contributed by atoms with Gasteiger partial charge in [-0.25, -0.2) is 5.43 Å². The highest BCUT2D eigenvalue weighted by atomic mass is 19.4. The van der Waals surface area contributed by atoms with Gasteiger partial charge in [0.15, 0.2) is 0 Å². The van der Waals surface area contributed by atoms with Crippen molar-refractivity contribution in [2.45, 2.75) is 20.0 Å². The summed E-state index contributed by atoms with van der Waals surface area (Å²) in [7, 11) is 0. The number of benzene rings is 2. The zero-order valence-electron chi connectivity index (χ0n) is 18.7. The van der Waals surface area contributed by atoms with E-state index in [1.807, 2.05) is 36.9 Å². The molecule has 11 heteroatoms. The zero-order valence-corrected chi connectivity index (χ0v) is 18.7. The molecule has 0 spiro atoms. The van der Waals surface area contributed by atoms with Gasteiger partial charge in [-0.1, -0.05) is 30.3 Å². The largest absolute Gasteiger partial charge is 0.417 e. The van der Waals surface area contributed by atoms with Crippen molar-refractivity contribution in [1.29, 1.82) is 0 Å². The summed E-state index contributed by atoms with van der Waals surface area (Å²) in [4.78, 5) is 15.2. The summed E-state index contributed by atoms with van der Waals surface area (Å²) in [6.07, 6.45) is -3.39. The standard InChI is InChI=1S/C23H24F3N7O/c1-15-7-8-16(2)19(13-15)28-20-29-21(31-22(30-20)33-9-11-34-12-10-33)32-27-14-17-5-3-4-6-18(17)23(24,25)26/h3-8,13-14H,9-12H2,1-2H3,(H2,28,29,30,31,32). The van der Waals surface area contributed by atoms with Gasteiger partial charge in [0.25, 0.3) is 0 Å². The zero-order chi connectivity index (χ0) is 24.1. The molecule has 34 heavy (non-hydrogen) atoms. The summed E-state index contributed by atoms with van der Waals surface area (Å²) < 4.78 is 45.1. The van der Waals surface area contributed by atoms with E-state index >= 15 is 0 Å². The normalized spacial score (nSPS) is 14.4. The Kier molecular flexibility index (Phi) is 6.92. The second-order valence-corrected chi connectivity index (χ2v) is 7.78. The van der Waals surface area contributed by atoms with Gasteiger partial charge in [0.05, 0.1) is 25.0 Å². The Morgan fingerprint density at radius 1 is 1.00 bits per heavy atom. The fourth-order valence-electron chi connectivity index (χ4n) is 3.39. The number of anilines is 4. The summed E-state index contributed by atoms with van der Waals surface area (Å²) in [5.41, 5.74) is 4.72. The van der Waals surface area contributed by atoms with Gasteiger partial charge in [-0.05, 0) is 37.1 Å². The summed E-state index contributed by atoms with van der Waals surface area (Å²) >= 11 is 0. The third-order valence-electron chi connectivity index (χ3n) is 5.19. The van der Waals surface area contributed by atoms with Gasteiger partial charge in [-0.15, -0.1) is 0 Å². The first-order valence-electron chi connectivity index (χ1n) is 10.7. The van der Waals surface area contributed by atoms with Crippen LogP contribution in [-0.2, 0) is 10.9 Å². The van der Waals surface area contributed by atoms with Crippen LogP contribution in [0.15, 0.2) is 47.6 Å². The Morgan fingerprint density at radius 3 is 2.50 bits per heavy atom. The maximum absolute atomic E-state index is 13.2. The van der Waals surface area contributed by atoms with E-state index in [1.165, 1.54) is 18.2 Å². The first-order valence-corrected chi connectivity index (χ1v) is 10.7. The number of nitrogens with one attached hydrogen (secondary N) is 2. The number of aryl methyl sites for hydroxylation is 2. The third kappa shape index (κ3) is 5.79. The van der Waals surface area contributed by atoms with E-state index in [0.29, 0.717) is 38.2 Å². The molecule has 2 N–H and O–H groups in total. The molecule has 0 amide bonds. The topological polar surface area (TPSA) is 87.6 Å². The highest BCUT2D eigenvalue weighted by Gasteiger charge is 2.32. The average molecular weight is 471 g/mol. The molecular weight excluding hydrogens is 447 g/mol.